The SMILES string of the molecule is C#CCOCCOCCOCCOSI. The molecule has 0 fully saturated rings. The maximum atomic E-state index is 5.22. The maximum absolute atomic E-state index is 5.22. The highest BCUT2D eigenvalue weighted by molar-refractivity contribution is 14.2. The molecule has 0 amide bonds. The van der Waals surface area contributed by atoms with Crippen LogP contribution in [-0.2, 0) is 18.4 Å². The topological polar surface area (TPSA) is 36.9 Å². The van der Waals surface area contributed by atoms with Crippen LogP contribution in [0.2, 0.25) is 0 Å². The minimum atomic E-state index is 0.338. The lowest BCUT2D eigenvalue weighted by atomic mass is 10.7. The maximum Gasteiger partial charge on any atom is 0.107 e. The molecule has 0 aliphatic heterocycles. The Labute approximate surface area is 107 Å². The smallest absolute Gasteiger partial charge is 0.107 e. The van der Waals surface area contributed by atoms with Crippen LogP contribution in [0, 0.1) is 12.3 Å². The minimum Gasteiger partial charge on any atom is -0.377 e. The molecule has 0 spiro atoms. The molecule has 0 radical (unpaired) electrons. The summed E-state index contributed by atoms with van der Waals surface area (Å²) in [6.07, 6.45) is 5.00. The zero-order chi connectivity index (χ0) is 11.2. The fraction of sp³-hybridized carbons (Fsp3) is 0.778. The molecule has 0 saturated heterocycles. The molecule has 0 aliphatic carbocycles. The van der Waals surface area contributed by atoms with E-state index in [1.54, 1.807) is 0 Å². The van der Waals surface area contributed by atoms with Crippen LogP contribution in [0.15, 0.2) is 0 Å². The first-order chi connectivity index (χ1) is 7.41. The molecule has 0 heterocycles. The number of hydrogen-bond donors (Lipinski definition) is 0. The third-order valence-electron chi connectivity index (χ3n) is 1.28. The number of hydrogen-bond acceptors (Lipinski definition) is 5. The molecule has 0 aromatic carbocycles. The summed E-state index contributed by atoms with van der Waals surface area (Å²) in [6.45, 7) is 3.74. The lowest BCUT2D eigenvalue weighted by molar-refractivity contribution is 0.0155. The van der Waals surface area contributed by atoms with Gasteiger partial charge in [0, 0.05) is 21.2 Å². The fourth-order valence-electron chi connectivity index (χ4n) is 0.695. The first-order valence-electron chi connectivity index (χ1n) is 4.48. The van der Waals surface area contributed by atoms with Gasteiger partial charge < -0.3 is 18.4 Å². The van der Waals surface area contributed by atoms with Crippen molar-refractivity contribution in [3.05, 3.63) is 0 Å². The van der Waals surface area contributed by atoms with E-state index in [1.165, 1.54) is 9.21 Å². The van der Waals surface area contributed by atoms with Crippen LogP contribution in [0.5, 0.6) is 0 Å². The lowest BCUT2D eigenvalue weighted by Gasteiger charge is -2.05. The number of terminal acetylenes is 1. The van der Waals surface area contributed by atoms with Gasteiger partial charge in [-0.2, -0.15) is 0 Å². The van der Waals surface area contributed by atoms with Gasteiger partial charge in [-0.25, -0.2) is 0 Å². The molecule has 88 valence electrons. The zero-order valence-electron chi connectivity index (χ0n) is 8.45. The monoisotopic (exact) mass is 346 g/mol. The van der Waals surface area contributed by atoms with Crippen molar-refractivity contribution in [2.24, 2.45) is 0 Å². The highest BCUT2D eigenvalue weighted by Crippen LogP contribution is 2.10. The summed E-state index contributed by atoms with van der Waals surface area (Å²) in [6, 6.07) is 0. The van der Waals surface area contributed by atoms with Gasteiger partial charge in [0.15, 0.2) is 0 Å². The van der Waals surface area contributed by atoms with E-state index in [-0.39, 0.29) is 0 Å². The number of ether oxygens (including phenoxy) is 3. The molecule has 0 saturated carbocycles. The summed E-state index contributed by atoms with van der Waals surface area (Å²) in [5.41, 5.74) is 0. The van der Waals surface area contributed by atoms with E-state index < -0.39 is 0 Å². The Morgan fingerprint density at radius 1 is 0.933 bits per heavy atom. The third-order valence-corrected chi connectivity index (χ3v) is 2.30. The van der Waals surface area contributed by atoms with E-state index >= 15 is 0 Å². The van der Waals surface area contributed by atoms with Crippen molar-refractivity contribution in [2.45, 2.75) is 0 Å². The molecule has 0 bridgehead atoms. The Hall–Kier alpha value is 0.480. The van der Waals surface area contributed by atoms with Crippen molar-refractivity contribution >= 4 is 30.4 Å². The van der Waals surface area contributed by atoms with Gasteiger partial charge in [-0.1, -0.05) is 5.92 Å². The Morgan fingerprint density at radius 3 is 2.00 bits per heavy atom. The van der Waals surface area contributed by atoms with E-state index in [2.05, 4.69) is 27.1 Å². The van der Waals surface area contributed by atoms with Gasteiger partial charge in [-0.15, -0.1) is 6.42 Å². The minimum absolute atomic E-state index is 0.338. The molecule has 0 rings (SSSR count). The summed E-state index contributed by atoms with van der Waals surface area (Å²) < 4.78 is 20.5. The lowest BCUT2D eigenvalue weighted by Crippen LogP contribution is -2.11. The largest absolute Gasteiger partial charge is 0.377 e. The summed E-state index contributed by atoms with van der Waals surface area (Å²) in [7, 11) is 1.31. The first kappa shape index (κ1) is 15.5. The van der Waals surface area contributed by atoms with Gasteiger partial charge in [0.05, 0.1) is 48.9 Å². The molecule has 4 nitrogen and oxygen atoms in total. The van der Waals surface area contributed by atoms with Crippen LogP contribution >= 0.6 is 30.4 Å². The summed E-state index contributed by atoms with van der Waals surface area (Å²) in [5, 5.41) is 0. The second kappa shape index (κ2) is 14.5. The zero-order valence-corrected chi connectivity index (χ0v) is 11.4. The second-order valence-corrected chi connectivity index (χ2v) is 3.81. The van der Waals surface area contributed by atoms with Crippen LogP contribution in [0.4, 0.5) is 0 Å². The first-order valence-corrected chi connectivity index (χ1v) is 7.77. The molecular weight excluding hydrogens is 331 g/mol. The van der Waals surface area contributed by atoms with Crippen LogP contribution in [0.25, 0.3) is 0 Å². The number of rotatable bonds is 11. The van der Waals surface area contributed by atoms with Crippen LogP contribution < -0.4 is 0 Å². The molecule has 0 aliphatic rings. The highest BCUT2D eigenvalue weighted by Gasteiger charge is 1.91. The van der Waals surface area contributed by atoms with Crippen molar-refractivity contribution in [1.82, 2.24) is 0 Å². The van der Waals surface area contributed by atoms with Gasteiger partial charge >= 0.3 is 0 Å². The number of halogens is 1. The van der Waals surface area contributed by atoms with Crippen LogP contribution in [0.1, 0.15) is 0 Å². The molecule has 0 N–H and O–H groups in total. The molecule has 0 unspecified atom stereocenters. The predicted molar refractivity (Wildman–Crippen MR) is 68.9 cm³/mol. The van der Waals surface area contributed by atoms with Gasteiger partial charge in [0.25, 0.3) is 0 Å². The molecule has 0 aromatic heterocycles. The third kappa shape index (κ3) is 14.5. The van der Waals surface area contributed by atoms with Crippen molar-refractivity contribution < 1.29 is 18.4 Å². The normalized spacial score (nSPS) is 10.1. The van der Waals surface area contributed by atoms with Crippen molar-refractivity contribution in [2.75, 3.05) is 46.2 Å². The molecule has 6 heteroatoms. The van der Waals surface area contributed by atoms with E-state index in [9.17, 15) is 0 Å². The molecular formula is C9H15IO4S. The highest BCUT2D eigenvalue weighted by atomic mass is 127. The fourth-order valence-corrected chi connectivity index (χ4v) is 1.37. The van der Waals surface area contributed by atoms with Gasteiger partial charge in [0.2, 0.25) is 0 Å². The van der Waals surface area contributed by atoms with E-state index in [0.717, 1.165) is 0 Å². The van der Waals surface area contributed by atoms with Gasteiger partial charge in [-0.3, -0.25) is 0 Å². The predicted octanol–water partition coefficient (Wildman–Crippen LogP) is 1.68. The molecule has 0 atom stereocenters. The van der Waals surface area contributed by atoms with Crippen molar-refractivity contribution in [3.63, 3.8) is 0 Å². The van der Waals surface area contributed by atoms with Crippen LogP contribution in [0.3, 0.4) is 0 Å². The molecule has 15 heavy (non-hydrogen) atoms. The quantitative estimate of drug-likeness (QED) is 0.246. The second-order valence-electron chi connectivity index (χ2n) is 2.37. The van der Waals surface area contributed by atoms with Gasteiger partial charge in [-0.05, 0) is 0 Å². The summed E-state index contributed by atoms with van der Waals surface area (Å²) in [5.74, 6) is 2.38. The average molecular weight is 346 g/mol. The van der Waals surface area contributed by atoms with Gasteiger partial charge in [0.1, 0.15) is 6.61 Å². The Morgan fingerprint density at radius 2 is 1.47 bits per heavy atom. The average Bonchev–Trinajstić information content (AvgIpc) is 2.26. The molecule has 0 aromatic rings. The Kier molecular flexibility index (Phi) is 14.9. The van der Waals surface area contributed by atoms with Crippen molar-refractivity contribution in [1.29, 1.82) is 0 Å². The van der Waals surface area contributed by atoms with E-state index in [0.29, 0.717) is 46.2 Å². The summed E-state index contributed by atoms with van der Waals surface area (Å²) >= 11 is 2.06. The Bertz CT molecular complexity index is 163. The van der Waals surface area contributed by atoms with E-state index in [4.69, 9.17) is 24.8 Å². The van der Waals surface area contributed by atoms with E-state index in [1.807, 2.05) is 0 Å². The summed E-state index contributed by atoms with van der Waals surface area (Å²) in [4.78, 5) is 0. The standard InChI is InChI=1S/C9H15IO4S/c1-2-3-11-4-5-12-6-7-13-8-9-14-15-10/h1H,3-9H2. The Balaban J connectivity index is 2.84. The van der Waals surface area contributed by atoms with Crippen molar-refractivity contribution in [3.8, 4) is 12.3 Å². The van der Waals surface area contributed by atoms with Crippen LogP contribution in [-0.4, -0.2) is 46.2 Å².